The molecule has 220 valence electrons. The van der Waals surface area contributed by atoms with E-state index in [4.69, 9.17) is 15.1 Å². The summed E-state index contributed by atoms with van der Waals surface area (Å²) in [7, 11) is 0. The lowest BCUT2D eigenvalue weighted by atomic mass is 9.80. The van der Waals surface area contributed by atoms with Crippen molar-refractivity contribution in [2.75, 3.05) is 0 Å². The largest absolute Gasteiger partial charge is 0.0630 e. The van der Waals surface area contributed by atoms with Crippen LogP contribution >= 0.6 is 0 Å². The van der Waals surface area contributed by atoms with E-state index in [1.807, 2.05) is 36.4 Å². The maximum absolute atomic E-state index is 9.52. The van der Waals surface area contributed by atoms with Crippen LogP contribution in [0.3, 0.4) is 0 Å². The number of hydrogen-bond donors (Lipinski definition) is 0. The molecule has 10 rings (SSSR count). The van der Waals surface area contributed by atoms with Gasteiger partial charge in [-0.3, -0.25) is 0 Å². The van der Waals surface area contributed by atoms with E-state index in [-0.39, 0.29) is 38.1 Å². The predicted molar refractivity (Wildman–Crippen MR) is 202 cm³/mol. The van der Waals surface area contributed by atoms with Gasteiger partial charge in [-0.2, -0.15) is 0 Å². The number of benzene rings is 9. The topological polar surface area (TPSA) is 0 Å². The minimum atomic E-state index is -0.798. The van der Waals surface area contributed by atoms with Crippen molar-refractivity contribution in [3.8, 4) is 33.4 Å². The minimum absolute atomic E-state index is 0.0401. The summed E-state index contributed by atoms with van der Waals surface area (Å²) in [6.45, 7) is 4.12. The molecule has 0 heteroatoms. The van der Waals surface area contributed by atoms with Crippen molar-refractivity contribution in [2.24, 2.45) is 0 Å². The van der Waals surface area contributed by atoms with E-state index in [9.17, 15) is 8.22 Å². The SMILES string of the molecule is [2H]c1c([2H])c([2H])c2c(-c3c([2H])c([2H])c([2H])c4c3c([2H])c([2H])c3c([2H])c([2H])c([2H])c([2H])c34)c3c([2H])c([2H])c([2H])c([2H])c3c(-c3ccc4c(c3)C(C)(C)c3cc5ccccc5cc3-4)c2c1[2H]. The lowest BCUT2D eigenvalue weighted by Gasteiger charge is -2.23. The highest BCUT2D eigenvalue weighted by molar-refractivity contribution is 6.25. The summed E-state index contributed by atoms with van der Waals surface area (Å²) >= 11 is 0. The standard InChI is InChI=1S/C47H32/c1-47(2)43-28-32(23-25-36(43)42-26-30-13-3-4-14-31(30)27-44(42)47)45-38-16-7-9-18-40(38)46(41-19-10-8-17-39(41)45)37-21-11-20-34-33-15-6-5-12-29(33)22-24-35(34)37/h3-28H,1-2H3/i5D,6D,7D,8D,9D,10D,11D,12D,15D,16D,17D,18D,19D,20D,21D,22D,24D. The molecule has 0 fully saturated rings. The van der Waals surface area contributed by atoms with Crippen molar-refractivity contribution < 1.29 is 23.3 Å². The Morgan fingerprint density at radius 1 is 0.404 bits per heavy atom. The van der Waals surface area contributed by atoms with E-state index in [1.165, 1.54) is 0 Å². The van der Waals surface area contributed by atoms with E-state index >= 15 is 0 Å². The van der Waals surface area contributed by atoms with Gasteiger partial charge in [0.05, 0.1) is 23.3 Å². The van der Waals surface area contributed by atoms with Gasteiger partial charge in [0.2, 0.25) is 0 Å². The van der Waals surface area contributed by atoms with Crippen LogP contribution in [0.5, 0.6) is 0 Å². The Morgan fingerprint density at radius 2 is 1.00 bits per heavy atom. The molecule has 0 unspecified atom stereocenters. The van der Waals surface area contributed by atoms with E-state index in [1.54, 1.807) is 6.07 Å². The van der Waals surface area contributed by atoms with Gasteiger partial charge in [-0.15, -0.1) is 0 Å². The van der Waals surface area contributed by atoms with Crippen molar-refractivity contribution in [1.29, 1.82) is 0 Å². The van der Waals surface area contributed by atoms with Crippen molar-refractivity contribution >= 4 is 53.9 Å². The lowest BCUT2D eigenvalue weighted by molar-refractivity contribution is 0.661. The summed E-state index contributed by atoms with van der Waals surface area (Å²) < 4.78 is 154. The second kappa shape index (κ2) is 9.64. The molecule has 9 aromatic carbocycles. The third kappa shape index (κ3) is 3.70. The predicted octanol–water partition coefficient (Wildman–Crippen LogP) is 13.1. The van der Waals surface area contributed by atoms with E-state index < -0.39 is 130 Å². The summed E-state index contributed by atoms with van der Waals surface area (Å²) in [6.07, 6.45) is 0. The molecule has 0 nitrogen and oxygen atoms in total. The first-order valence-electron chi connectivity index (χ1n) is 23.7. The third-order valence-corrected chi connectivity index (χ3v) is 9.58. The van der Waals surface area contributed by atoms with Crippen molar-refractivity contribution in [2.45, 2.75) is 19.3 Å². The van der Waals surface area contributed by atoms with Gasteiger partial charge in [-0.05, 0) is 117 Å². The summed E-state index contributed by atoms with van der Waals surface area (Å²) in [5, 5.41) is -0.577. The van der Waals surface area contributed by atoms with Crippen LogP contribution in [-0.2, 0) is 5.41 Å². The highest BCUT2D eigenvalue weighted by atomic mass is 14.4. The van der Waals surface area contributed by atoms with Gasteiger partial charge in [-0.25, -0.2) is 0 Å². The zero-order valence-electron chi connectivity index (χ0n) is 42.2. The fourth-order valence-corrected chi connectivity index (χ4v) is 7.37. The van der Waals surface area contributed by atoms with Crippen LogP contribution in [0.15, 0.2) is 157 Å². The molecular weight excluding hydrogens is 565 g/mol. The molecule has 1 aliphatic carbocycles. The first-order chi connectivity index (χ1) is 30.1. The molecule has 0 N–H and O–H groups in total. The summed E-state index contributed by atoms with van der Waals surface area (Å²) in [5.74, 6) is 0. The second-order valence-electron chi connectivity index (χ2n) is 12.4. The van der Waals surface area contributed by atoms with Crippen LogP contribution in [0.4, 0.5) is 0 Å². The molecule has 0 aromatic heterocycles. The van der Waals surface area contributed by atoms with Gasteiger partial charge < -0.3 is 0 Å². The molecule has 0 atom stereocenters. The van der Waals surface area contributed by atoms with Gasteiger partial charge in [-0.1, -0.05) is 153 Å². The van der Waals surface area contributed by atoms with Gasteiger partial charge in [0.15, 0.2) is 0 Å². The van der Waals surface area contributed by atoms with Gasteiger partial charge in [0.1, 0.15) is 0 Å². The molecule has 0 spiro atoms. The number of fused-ring (bicyclic) bond motifs is 9. The zero-order chi connectivity index (χ0) is 46.1. The van der Waals surface area contributed by atoms with E-state index in [0.717, 1.165) is 33.0 Å². The Labute approximate surface area is 298 Å². The fourth-order valence-electron chi connectivity index (χ4n) is 7.37. The molecule has 0 saturated carbocycles. The number of rotatable bonds is 2. The molecule has 9 aromatic rings. The molecule has 0 heterocycles. The third-order valence-electron chi connectivity index (χ3n) is 9.58. The van der Waals surface area contributed by atoms with Crippen LogP contribution in [-0.4, -0.2) is 0 Å². The van der Waals surface area contributed by atoms with Crippen LogP contribution in [0.1, 0.15) is 48.3 Å². The van der Waals surface area contributed by atoms with Crippen molar-refractivity contribution in [3.05, 3.63) is 168 Å². The molecule has 0 radical (unpaired) electrons. The van der Waals surface area contributed by atoms with Gasteiger partial charge in [0, 0.05) is 5.41 Å². The maximum atomic E-state index is 9.52. The average molecular weight is 614 g/mol. The van der Waals surface area contributed by atoms with Crippen LogP contribution in [0.2, 0.25) is 0 Å². The van der Waals surface area contributed by atoms with Crippen molar-refractivity contribution in [3.63, 3.8) is 0 Å². The quantitative estimate of drug-likeness (QED) is 0.134. The molecule has 0 aliphatic heterocycles. The smallest absolute Gasteiger partial charge is 0.0616 e. The van der Waals surface area contributed by atoms with Crippen LogP contribution in [0.25, 0.3) is 87.2 Å². The summed E-state index contributed by atoms with van der Waals surface area (Å²) in [5.41, 5.74) is 2.74. The highest BCUT2D eigenvalue weighted by Crippen LogP contribution is 2.52. The zero-order valence-corrected chi connectivity index (χ0v) is 25.2. The number of hydrogen-bond acceptors (Lipinski definition) is 0. The van der Waals surface area contributed by atoms with Crippen LogP contribution < -0.4 is 0 Å². The average Bonchev–Trinajstić information content (AvgIpc) is 3.50. The first-order valence-corrected chi connectivity index (χ1v) is 15.2. The highest BCUT2D eigenvalue weighted by Gasteiger charge is 2.36. The monoisotopic (exact) mass is 613 g/mol. The summed E-state index contributed by atoms with van der Waals surface area (Å²) in [6, 6.07) is 5.93. The van der Waals surface area contributed by atoms with E-state index in [2.05, 4.69) is 26.0 Å². The Morgan fingerprint density at radius 3 is 1.72 bits per heavy atom. The Hall–Kier alpha value is -5.72. The maximum Gasteiger partial charge on any atom is 0.0630 e. The molecule has 1 aliphatic rings. The normalized spacial score (nSPS) is 18.6. The van der Waals surface area contributed by atoms with E-state index in [0.29, 0.717) is 5.56 Å². The second-order valence-corrected chi connectivity index (χ2v) is 12.4. The van der Waals surface area contributed by atoms with Crippen LogP contribution in [0, 0.1) is 0 Å². The molecule has 47 heavy (non-hydrogen) atoms. The summed E-state index contributed by atoms with van der Waals surface area (Å²) in [4.78, 5) is 0. The Bertz CT molecular complexity index is 3640. The molecule has 0 saturated heterocycles. The van der Waals surface area contributed by atoms with Gasteiger partial charge in [0.25, 0.3) is 0 Å². The lowest BCUT2D eigenvalue weighted by Crippen LogP contribution is -2.15. The first kappa shape index (κ1) is 14.8. The molecule has 0 amide bonds. The van der Waals surface area contributed by atoms with Crippen molar-refractivity contribution in [1.82, 2.24) is 0 Å². The fraction of sp³-hybridized carbons (Fsp3) is 0.0638. The Balaban J connectivity index is 1.46. The molecule has 0 bridgehead atoms. The van der Waals surface area contributed by atoms with Gasteiger partial charge >= 0.3 is 0 Å². The Kier molecular flexibility index (Phi) is 3.04. The molecular formula is C47H32. The minimum Gasteiger partial charge on any atom is -0.0616 e.